The molecular formula is C16H21BrN4O2S2. The van der Waals surface area contributed by atoms with Crippen molar-refractivity contribution in [1.29, 1.82) is 0 Å². The number of guanidine groups is 1. The van der Waals surface area contributed by atoms with E-state index in [1.165, 1.54) is 11.3 Å². The van der Waals surface area contributed by atoms with Crippen LogP contribution in [-0.2, 0) is 16.6 Å². The molecule has 0 aliphatic carbocycles. The first-order valence-electron chi connectivity index (χ1n) is 7.62. The Morgan fingerprint density at radius 3 is 2.64 bits per heavy atom. The number of rotatable bonds is 7. The molecule has 0 saturated carbocycles. The van der Waals surface area contributed by atoms with Crippen molar-refractivity contribution >= 4 is 43.2 Å². The third-order valence-electron chi connectivity index (χ3n) is 3.40. The van der Waals surface area contributed by atoms with Gasteiger partial charge in [0.05, 0.1) is 0 Å². The van der Waals surface area contributed by atoms with Crippen LogP contribution in [0.3, 0.4) is 0 Å². The highest BCUT2D eigenvalue weighted by Gasteiger charge is 2.14. The van der Waals surface area contributed by atoms with Gasteiger partial charge in [-0.3, -0.25) is 4.99 Å². The second-order valence-electron chi connectivity index (χ2n) is 5.25. The van der Waals surface area contributed by atoms with Crippen LogP contribution >= 0.6 is 27.3 Å². The number of benzene rings is 1. The highest BCUT2D eigenvalue weighted by molar-refractivity contribution is 9.10. The van der Waals surface area contributed by atoms with Gasteiger partial charge in [-0.2, -0.15) is 0 Å². The minimum absolute atomic E-state index is 0.280. The van der Waals surface area contributed by atoms with Gasteiger partial charge in [0.15, 0.2) is 5.96 Å². The Balaban J connectivity index is 1.83. The lowest BCUT2D eigenvalue weighted by Crippen LogP contribution is -2.42. The molecule has 25 heavy (non-hydrogen) atoms. The normalized spacial score (nSPS) is 12.2. The number of hydrogen-bond donors (Lipinski definition) is 2. The van der Waals surface area contributed by atoms with Crippen molar-refractivity contribution in [2.24, 2.45) is 4.99 Å². The van der Waals surface area contributed by atoms with Crippen molar-refractivity contribution < 1.29 is 8.42 Å². The summed E-state index contributed by atoms with van der Waals surface area (Å²) in [6.45, 7) is 1.40. The van der Waals surface area contributed by atoms with Gasteiger partial charge < -0.3 is 10.2 Å². The van der Waals surface area contributed by atoms with E-state index in [4.69, 9.17) is 0 Å². The number of halogens is 1. The first-order chi connectivity index (χ1) is 11.9. The number of hydrogen-bond acceptors (Lipinski definition) is 4. The summed E-state index contributed by atoms with van der Waals surface area (Å²) in [6, 6.07) is 11.3. The minimum Gasteiger partial charge on any atom is -0.355 e. The van der Waals surface area contributed by atoms with Crippen LogP contribution in [0.2, 0.25) is 0 Å². The molecule has 0 saturated heterocycles. The molecule has 0 atom stereocenters. The second kappa shape index (κ2) is 9.33. The van der Waals surface area contributed by atoms with E-state index in [-0.39, 0.29) is 6.54 Å². The summed E-state index contributed by atoms with van der Waals surface area (Å²) in [4.78, 5) is 6.22. The Morgan fingerprint density at radius 1 is 1.24 bits per heavy atom. The number of nitrogens with one attached hydrogen (secondary N) is 2. The SMILES string of the molecule is CN=C(NCCNS(=O)(=O)c1cccs1)N(C)Cc1ccccc1Br. The van der Waals surface area contributed by atoms with Gasteiger partial charge in [-0.25, -0.2) is 13.1 Å². The first kappa shape index (κ1) is 19.9. The average Bonchev–Trinajstić information content (AvgIpc) is 3.12. The third-order valence-corrected chi connectivity index (χ3v) is 7.03. The summed E-state index contributed by atoms with van der Waals surface area (Å²) in [6.07, 6.45) is 0. The lowest BCUT2D eigenvalue weighted by atomic mass is 10.2. The molecule has 136 valence electrons. The molecule has 2 rings (SSSR count). The maximum Gasteiger partial charge on any atom is 0.250 e. The predicted molar refractivity (Wildman–Crippen MR) is 106 cm³/mol. The van der Waals surface area contributed by atoms with Crippen molar-refractivity contribution in [3.05, 3.63) is 51.8 Å². The average molecular weight is 445 g/mol. The van der Waals surface area contributed by atoms with Crippen molar-refractivity contribution in [2.45, 2.75) is 10.8 Å². The summed E-state index contributed by atoms with van der Waals surface area (Å²) in [5, 5.41) is 4.91. The fourth-order valence-electron chi connectivity index (χ4n) is 2.19. The number of aliphatic imine (C=N–C) groups is 1. The molecule has 0 amide bonds. The first-order valence-corrected chi connectivity index (χ1v) is 10.8. The van der Waals surface area contributed by atoms with Crippen molar-refractivity contribution in [1.82, 2.24) is 14.9 Å². The van der Waals surface area contributed by atoms with Crippen LogP contribution in [0.1, 0.15) is 5.56 Å². The molecule has 6 nitrogen and oxygen atoms in total. The molecule has 0 spiro atoms. The summed E-state index contributed by atoms with van der Waals surface area (Å²) in [5.41, 5.74) is 1.14. The molecule has 0 aliphatic rings. The quantitative estimate of drug-likeness (QED) is 0.390. The zero-order valence-corrected chi connectivity index (χ0v) is 17.3. The van der Waals surface area contributed by atoms with E-state index in [1.54, 1.807) is 24.6 Å². The summed E-state index contributed by atoms with van der Waals surface area (Å²) >= 11 is 4.74. The molecule has 0 fully saturated rings. The zero-order valence-electron chi connectivity index (χ0n) is 14.1. The fraction of sp³-hybridized carbons (Fsp3) is 0.312. The number of thiophene rings is 1. The number of sulfonamides is 1. The molecule has 0 bridgehead atoms. The molecule has 2 aromatic rings. The summed E-state index contributed by atoms with van der Waals surface area (Å²) in [5.74, 6) is 0.700. The fourth-order valence-corrected chi connectivity index (χ4v) is 4.67. The van der Waals surface area contributed by atoms with Crippen LogP contribution in [0, 0.1) is 0 Å². The van der Waals surface area contributed by atoms with Crippen LogP contribution in [0.5, 0.6) is 0 Å². The Kier molecular flexibility index (Phi) is 7.42. The van der Waals surface area contributed by atoms with Crippen molar-refractivity contribution in [2.75, 3.05) is 27.2 Å². The van der Waals surface area contributed by atoms with Crippen LogP contribution in [-0.4, -0.2) is 46.5 Å². The molecule has 1 aromatic heterocycles. The minimum atomic E-state index is -3.43. The van der Waals surface area contributed by atoms with Gasteiger partial charge in [0.2, 0.25) is 10.0 Å². The molecule has 9 heteroatoms. The molecule has 0 radical (unpaired) electrons. The molecular weight excluding hydrogens is 424 g/mol. The largest absolute Gasteiger partial charge is 0.355 e. The van der Waals surface area contributed by atoms with Crippen LogP contribution in [0.15, 0.2) is 55.5 Å². The van der Waals surface area contributed by atoms with Gasteiger partial charge in [0.25, 0.3) is 0 Å². The topological polar surface area (TPSA) is 73.8 Å². The standard InChI is InChI=1S/C16H21BrN4O2S2/c1-18-16(21(2)12-13-6-3-4-7-14(13)17)19-9-10-20-25(22,23)15-8-5-11-24-15/h3-8,11,20H,9-10,12H2,1-2H3,(H,18,19). The summed E-state index contributed by atoms with van der Waals surface area (Å²) < 4.78 is 28.0. The lowest BCUT2D eigenvalue weighted by Gasteiger charge is -2.22. The lowest BCUT2D eigenvalue weighted by molar-refractivity contribution is 0.476. The molecule has 2 N–H and O–H groups in total. The highest BCUT2D eigenvalue weighted by Crippen LogP contribution is 2.17. The monoisotopic (exact) mass is 444 g/mol. The summed E-state index contributed by atoms with van der Waals surface area (Å²) in [7, 11) is 0.211. The molecule has 0 unspecified atom stereocenters. The van der Waals surface area contributed by atoms with Crippen molar-refractivity contribution in [3.8, 4) is 0 Å². The van der Waals surface area contributed by atoms with Gasteiger partial charge in [0, 0.05) is 38.2 Å². The Morgan fingerprint density at radius 2 is 2.00 bits per heavy atom. The van der Waals surface area contributed by atoms with Crippen LogP contribution in [0.4, 0.5) is 0 Å². The zero-order chi connectivity index (χ0) is 18.3. The smallest absolute Gasteiger partial charge is 0.250 e. The second-order valence-corrected chi connectivity index (χ2v) is 9.05. The van der Waals surface area contributed by atoms with Gasteiger partial charge in [-0.15, -0.1) is 11.3 Å². The maximum atomic E-state index is 12.0. The Labute approximate surface area is 161 Å². The van der Waals surface area contributed by atoms with E-state index in [9.17, 15) is 8.42 Å². The molecule has 1 heterocycles. The van der Waals surface area contributed by atoms with E-state index in [2.05, 4.69) is 31.0 Å². The number of nitrogens with zero attached hydrogens (tertiary/aromatic N) is 2. The Bertz CT molecular complexity index is 807. The van der Waals surface area contributed by atoms with Crippen LogP contribution < -0.4 is 10.0 Å². The third kappa shape index (κ3) is 5.81. The molecule has 0 aliphatic heterocycles. The Hall–Kier alpha value is -1.42. The van der Waals surface area contributed by atoms with Crippen molar-refractivity contribution in [3.63, 3.8) is 0 Å². The molecule has 1 aromatic carbocycles. The van der Waals surface area contributed by atoms with Gasteiger partial charge in [0.1, 0.15) is 4.21 Å². The highest BCUT2D eigenvalue weighted by atomic mass is 79.9. The maximum absolute atomic E-state index is 12.0. The van der Waals surface area contributed by atoms with Gasteiger partial charge in [-0.1, -0.05) is 40.2 Å². The predicted octanol–water partition coefficient (Wildman–Crippen LogP) is 2.50. The van der Waals surface area contributed by atoms with Gasteiger partial charge in [-0.05, 0) is 23.1 Å². The van der Waals surface area contributed by atoms with E-state index >= 15 is 0 Å². The van der Waals surface area contributed by atoms with E-state index in [1.807, 2.05) is 36.2 Å². The van der Waals surface area contributed by atoms with Gasteiger partial charge >= 0.3 is 0 Å². The van der Waals surface area contributed by atoms with E-state index in [0.29, 0.717) is 23.3 Å². The van der Waals surface area contributed by atoms with E-state index < -0.39 is 10.0 Å². The van der Waals surface area contributed by atoms with Crippen LogP contribution in [0.25, 0.3) is 0 Å². The van der Waals surface area contributed by atoms with E-state index in [0.717, 1.165) is 10.0 Å².